The third-order valence-electron chi connectivity index (χ3n) is 4.03. The van der Waals surface area contributed by atoms with Gasteiger partial charge in [-0.25, -0.2) is 4.79 Å². The largest absolute Gasteiger partial charge is 0.472 e. The van der Waals surface area contributed by atoms with Gasteiger partial charge in [-0.05, 0) is 12.8 Å². The van der Waals surface area contributed by atoms with Crippen LogP contribution in [-0.2, 0) is 9.53 Å². The number of carbonyl (C=O) groups is 1. The number of piperazine rings is 1. The fourth-order valence-corrected chi connectivity index (χ4v) is 2.74. The zero-order valence-corrected chi connectivity index (χ0v) is 11.5. The van der Waals surface area contributed by atoms with E-state index in [9.17, 15) is 4.79 Å². The molecule has 2 aliphatic rings. The van der Waals surface area contributed by atoms with Crippen LogP contribution in [0.15, 0.2) is 0 Å². The lowest BCUT2D eigenvalue weighted by Gasteiger charge is -2.45. The average Bonchev–Trinajstić information content (AvgIpc) is 2.35. The predicted octanol–water partition coefficient (Wildman–Crippen LogP) is 0.117. The highest BCUT2D eigenvalue weighted by Crippen LogP contribution is 2.31. The number of hydrogen-bond acceptors (Lipinski definition) is 4. The first-order valence-electron chi connectivity index (χ1n) is 6.89. The summed E-state index contributed by atoms with van der Waals surface area (Å²) >= 11 is 0. The normalized spacial score (nSPS) is 28.3. The van der Waals surface area contributed by atoms with Crippen molar-refractivity contribution in [1.29, 1.82) is 0 Å². The molecule has 0 radical (unpaired) electrons. The molecule has 1 N–H and O–H groups in total. The molecule has 1 saturated heterocycles. The molecule has 0 unspecified atom stereocenters. The van der Waals surface area contributed by atoms with Crippen molar-refractivity contribution in [2.45, 2.75) is 18.9 Å². The highest BCUT2D eigenvalue weighted by molar-refractivity contribution is 5.86. The molecule has 5 nitrogen and oxygen atoms in total. The second-order valence-electron chi connectivity index (χ2n) is 5.27. The van der Waals surface area contributed by atoms with Crippen LogP contribution in [0, 0.1) is 17.8 Å². The Labute approximate surface area is 114 Å². The molecule has 1 aliphatic heterocycles. The van der Waals surface area contributed by atoms with Crippen molar-refractivity contribution in [2.75, 3.05) is 46.4 Å². The van der Waals surface area contributed by atoms with E-state index < -0.39 is 5.97 Å². The van der Waals surface area contributed by atoms with E-state index in [0.717, 1.165) is 52.2 Å². The summed E-state index contributed by atoms with van der Waals surface area (Å²) in [5.41, 5.74) is 0. The zero-order valence-electron chi connectivity index (χ0n) is 11.5. The predicted molar refractivity (Wildman–Crippen MR) is 71.8 cm³/mol. The van der Waals surface area contributed by atoms with Gasteiger partial charge in [-0.3, -0.25) is 9.80 Å². The first kappa shape index (κ1) is 14.3. The lowest BCUT2D eigenvalue weighted by molar-refractivity contribution is -0.130. The molecule has 0 spiro atoms. The SMILES string of the molecule is COCCN1CCN(C2CC(C#CC(=O)O)C2)CC1. The number of hydrogen-bond donors (Lipinski definition) is 1. The number of ether oxygens (including phenoxy) is 1. The summed E-state index contributed by atoms with van der Waals surface area (Å²) in [6, 6.07) is 0.609. The molecule has 0 atom stereocenters. The molecule has 2 rings (SSSR count). The number of methoxy groups -OCH3 is 1. The maximum Gasteiger partial charge on any atom is 0.381 e. The first-order chi connectivity index (χ1) is 9.19. The van der Waals surface area contributed by atoms with Crippen molar-refractivity contribution in [3.05, 3.63) is 0 Å². The summed E-state index contributed by atoms with van der Waals surface area (Å²) < 4.78 is 5.09. The van der Waals surface area contributed by atoms with E-state index in [1.807, 2.05) is 0 Å². The molecule has 0 bridgehead atoms. The minimum absolute atomic E-state index is 0.285. The molecule has 5 heteroatoms. The van der Waals surface area contributed by atoms with Crippen LogP contribution < -0.4 is 0 Å². The Kier molecular flexibility index (Phi) is 5.20. The van der Waals surface area contributed by atoms with Crippen LogP contribution in [0.5, 0.6) is 0 Å². The number of aliphatic carboxylic acids is 1. The van der Waals surface area contributed by atoms with E-state index in [2.05, 4.69) is 21.6 Å². The summed E-state index contributed by atoms with van der Waals surface area (Å²) in [6.07, 6.45) is 2.05. The van der Waals surface area contributed by atoms with Crippen LogP contribution in [0.1, 0.15) is 12.8 Å². The highest BCUT2D eigenvalue weighted by atomic mass is 16.5. The van der Waals surface area contributed by atoms with Gasteiger partial charge in [-0.15, -0.1) is 0 Å². The number of nitrogens with zero attached hydrogens (tertiary/aromatic N) is 2. The molecule has 1 aliphatic carbocycles. The molecule has 0 aromatic rings. The molecule has 0 aromatic heterocycles. The average molecular weight is 266 g/mol. The third kappa shape index (κ3) is 4.20. The van der Waals surface area contributed by atoms with Crippen molar-refractivity contribution >= 4 is 5.97 Å². The van der Waals surface area contributed by atoms with Crippen LogP contribution in [0.3, 0.4) is 0 Å². The highest BCUT2D eigenvalue weighted by Gasteiger charge is 2.34. The second kappa shape index (κ2) is 6.90. The van der Waals surface area contributed by atoms with Crippen LogP contribution in [-0.4, -0.2) is 73.4 Å². The Bertz CT molecular complexity index is 361. The van der Waals surface area contributed by atoms with Gasteiger partial charge in [0.25, 0.3) is 0 Å². The third-order valence-corrected chi connectivity index (χ3v) is 4.03. The second-order valence-corrected chi connectivity index (χ2v) is 5.27. The van der Waals surface area contributed by atoms with Gasteiger partial charge in [0.2, 0.25) is 0 Å². The van der Waals surface area contributed by atoms with Crippen LogP contribution in [0.4, 0.5) is 0 Å². The van der Waals surface area contributed by atoms with E-state index in [0.29, 0.717) is 6.04 Å². The Morgan fingerprint density at radius 2 is 2.00 bits per heavy atom. The maximum atomic E-state index is 10.3. The molecular formula is C14H22N2O3. The van der Waals surface area contributed by atoms with Gasteiger partial charge in [-0.2, -0.15) is 0 Å². The topological polar surface area (TPSA) is 53.0 Å². The summed E-state index contributed by atoms with van der Waals surface area (Å²) in [5, 5.41) is 8.50. The van der Waals surface area contributed by atoms with Crippen LogP contribution in [0.2, 0.25) is 0 Å². The van der Waals surface area contributed by atoms with Gasteiger partial charge in [0, 0.05) is 57.7 Å². The van der Waals surface area contributed by atoms with Crippen LogP contribution in [0.25, 0.3) is 0 Å². The summed E-state index contributed by atoms with van der Waals surface area (Å²) in [7, 11) is 1.74. The maximum absolute atomic E-state index is 10.3. The van der Waals surface area contributed by atoms with E-state index in [-0.39, 0.29) is 5.92 Å². The molecule has 19 heavy (non-hydrogen) atoms. The lowest BCUT2D eigenvalue weighted by Crippen LogP contribution is -2.54. The van der Waals surface area contributed by atoms with Gasteiger partial charge >= 0.3 is 5.97 Å². The van der Waals surface area contributed by atoms with E-state index in [4.69, 9.17) is 9.84 Å². The Morgan fingerprint density at radius 1 is 1.32 bits per heavy atom. The van der Waals surface area contributed by atoms with Gasteiger partial charge in [0.1, 0.15) is 0 Å². The monoisotopic (exact) mass is 266 g/mol. The zero-order chi connectivity index (χ0) is 13.7. The van der Waals surface area contributed by atoms with Crippen molar-refractivity contribution < 1.29 is 14.6 Å². The quantitative estimate of drug-likeness (QED) is 0.732. The Hall–Kier alpha value is -1.09. The standard InChI is InChI=1S/C14H22N2O3/c1-19-9-8-15-4-6-16(7-5-15)13-10-12(11-13)2-3-14(17)18/h12-13H,4-11H2,1H3,(H,17,18). The summed E-state index contributed by atoms with van der Waals surface area (Å²) in [5.74, 6) is 4.31. The van der Waals surface area contributed by atoms with Gasteiger partial charge in [0.05, 0.1) is 6.61 Å². The minimum atomic E-state index is -1.02. The smallest absolute Gasteiger partial charge is 0.381 e. The molecule has 1 heterocycles. The number of rotatable bonds is 4. The fourth-order valence-electron chi connectivity index (χ4n) is 2.74. The molecule has 1 saturated carbocycles. The van der Waals surface area contributed by atoms with Crippen LogP contribution >= 0.6 is 0 Å². The molecule has 0 aromatic carbocycles. The Morgan fingerprint density at radius 3 is 2.58 bits per heavy atom. The van der Waals surface area contributed by atoms with Gasteiger partial charge in [0.15, 0.2) is 0 Å². The van der Waals surface area contributed by atoms with Crippen molar-refractivity contribution in [3.63, 3.8) is 0 Å². The molecular weight excluding hydrogens is 244 g/mol. The summed E-state index contributed by atoms with van der Waals surface area (Å²) in [4.78, 5) is 15.3. The van der Waals surface area contributed by atoms with Crippen molar-refractivity contribution in [1.82, 2.24) is 9.80 Å². The fraction of sp³-hybridized carbons (Fsp3) is 0.786. The molecule has 106 valence electrons. The minimum Gasteiger partial charge on any atom is -0.472 e. The van der Waals surface area contributed by atoms with Gasteiger partial charge in [-0.1, -0.05) is 5.92 Å². The molecule has 2 fully saturated rings. The van der Waals surface area contributed by atoms with Gasteiger partial charge < -0.3 is 9.84 Å². The van der Waals surface area contributed by atoms with E-state index in [1.165, 1.54) is 0 Å². The van der Waals surface area contributed by atoms with E-state index >= 15 is 0 Å². The molecule has 0 amide bonds. The van der Waals surface area contributed by atoms with E-state index in [1.54, 1.807) is 7.11 Å². The first-order valence-corrected chi connectivity index (χ1v) is 6.89. The van der Waals surface area contributed by atoms with Crippen molar-refractivity contribution in [3.8, 4) is 11.8 Å². The number of carboxylic acids is 1. The lowest BCUT2D eigenvalue weighted by atomic mass is 9.79. The van der Waals surface area contributed by atoms with Crippen molar-refractivity contribution in [2.24, 2.45) is 5.92 Å². The summed E-state index contributed by atoms with van der Waals surface area (Å²) in [6.45, 7) is 6.23. The number of carboxylic acid groups (broad SMARTS) is 1. The Balaban J connectivity index is 1.65.